The molecule has 0 nitrogen and oxygen atoms in total. The summed E-state index contributed by atoms with van der Waals surface area (Å²) in [5.74, 6) is 1.07. The average Bonchev–Trinajstić information content (AvgIpc) is 2.16. The van der Waals surface area contributed by atoms with Crippen molar-refractivity contribution in [2.45, 2.75) is 71.1 Å². The standard InChI is InChI=1S/C12H26S.Ag/c1-2-3-4-5-6-7-8-9-10-11-12-13;/h13H,2-12H2,1H3;. The SMILES string of the molecule is CCCCCCCCCCCCS.[Ag]. The summed E-state index contributed by atoms with van der Waals surface area (Å²) in [6.07, 6.45) is 14.2. The zero-order valence-electron chi connectivity index (χ0n) is 9.53. The Labute approximate surface area is 112 Å². The Bertz CT molecular complexity index is 76.4. The van der Waals surface area contributed by atoms with Gasteiger partial charge in [0.2, 0.25) is 0 Å². The van der Waals surface area contributed by atoms with Gasteiger partial charge in [-0.1, -0.05) is 64.7 Å². The molecule has 0 saturated carbocycles. The molecule has 0 aromatic rings. The zero-order valence-corrected chi connectivity index (χ0v) is 11.9. The summed E-state index contributed by atoms with van der Waals surface area (Å²) in [7, 11) is 0. The molecule has 0 fully saturated rings. The predicted octanol–water partition coefficient (Wildman–Crippen LogP) is 4.83. The van der Waals surface area contributed by atoms with E-state index in [1.54, 1.807) is 0 Å². The Morgan fingerprint density at radius 1 is 0.643 bits per heavy atom. The number of hydrogen-bond acceptors (Lipinski definition) is 1. The Hall–Kier alpha value is 1.09. The van der Waals surface area contributed by atoms with Crippen LogP contribution in [0, 0.1) is 0 Å². The van der Waals surface area contributed by atoms with Crippen LogP contribution in [0.3, 0.4) is 0 Å². The summed E-state index contributed by atoms with van der Waals surface area (Å²) in [6.45, 7) is 2.28. The first kappa shape index (κ1) is 17.5. The molecule has 0 bridgehead atoms. The molecule has 0 saturated heterocycles. The van der Waals surface area contributed by atoms with E-state index >= 15 is 0 Å². The van der Waals surface area contributed by atoms with Crippen molar-refractivity contribution in [1.29, 1.82) is 0 Å². The molecule has 0 heterocycles. The van der Waals surface area contributed by atoms with Crippen LogP contribution in [0.25, 0.3) is 0 Å². The minimum absolute atomic E-state index is 0. The van der Waals surface area contributed by atoms with E-state index in [-0.39, 0.29) is 22.4 Å². The van der Waals surface area contributed by atoms with Crippen molar-refractivity contribution >= 4 is 12.6 Å². The second-order valence-electron chi connectivity index (χ2n) is 3.91. The van der Waals surface area contributed by atoms with Gasteiger partial charge in [-0.15, -0.1) is 0 Å². The molecule has 0 spiro atoms. The van der Waals surface area contributed by atoms with E-state index in [4.69, 9.17) is 0 Å². The fraction of sp³-hybridized carbons (Fsp3) is 1.00. The monoisotopic (exact) mass is 309 g/mol. The van der Waals surface area contributed by atoms with Gasteiger partial charge in [0.1, 0.15) is 0 Å². The molecule has 0 aromatic heterocycles. The van der Waals surface area contributed by atoms with E-state index in [1.165, 1.54) is 64.2 Å². The van der Waals surface area contributed by atoms with Crippen molar-refractivity contribution in [2.75, 3.05) is 5.75 Å². The molecule has 0 aromatic carbocycles. The molecule has 0 amide bonds. The van der Waals surface area contributed by atoms with Crippen LogP contribution in [-0.4, -0.2) is 5.75 Å². The van der Waals surface area contributed by atoms with Crippen LogP contribution in [0.1, 0.15) is 71.1 Å². The summed E-state index contributed by atoms with van der Waals surface area (Å²) < 4.78 is 0. The Kier molecular flexibility index (Phi) is 20.6. The number of unbranched alkanes of at least 4 members (excludes halogenated alkanes) is 9. The van der Waals surface area contributed by atoms with E-state index < -0.39 is 0 Å². The van der Waals surface area contributed by atoms with E-state index in [9.17, 15) is 0 Å². The molecule has 0 N–H and O–H groups in total. The fourth-order valence-electron chi connectivity index (χ4n) is 1.60. The largest absolute Gasteiger partial charge is 0.179 e. The number of thiol groups is 1. The molecule has 0 aliphatic heterocycles. The maximum Gasteiger partial charge on any atom is 0 e. The predicted molar refractivity (Wildman–Crippen MR) is 65.7 cm³/mol. The van der Waals surface area contributed by atoms with Crippen molar-refractivity contribution in [3.63, 3.8) is 0 Å². The third-order valence-electron chi connectivity index (χ3n) is 2.51. The maximum atomic E-state index is 4.20. The minimum Gasteiger partial charge on any atom is -0.179 e. The van der Waals surface area contributed by atoms with Crippen LogP contribution in [0.4, 0.5) is 0 Å². The third kappa shape index (κ3) is 15.6. The van der Waals surface area contributed by atoms with Gasteiger partial charge in [0, 0.05) is 22.4 Å². The van der Waals surface area contributed by atoms with Crippen LogP contribution in [0.5, 0.6) is 0 Å². The molecule has 91 valence electrons. The van der Waals surface area contributed by atoms with Crippen LogP contribution >= 0.6 is 12.6 Å². The van der Waals surface area contributed by atoms with E-state index in [1.807, 2.05) is 0 Å². The number of hydrogen-bond donors (Lipinski definition) is 1. The summed E-state index contributed by atoms with van der Waals surface area (Å²) in [5.41, 5.74) is 0. The minimum atomic E-state index is 0. The third-order valence-corrected chi connectivity index (χ3v) is 2.83. The van der Waals surface area contributed by atoms with Gasteiger partial charge in [0.05, 0.1) is 0 Å². The van der Waals surface area contributed by atoms with E-state index in [2.05, 4.69) is 19.6 Å². The molecule has 2 heteroatoms. The molecular formula is C12H26AgS. The molecule has 1 radical (unpaired) electrons. The molecule has 0 aliphatic rings. The van der Waals surface area contributed by atoms with Gasteiger partial charge < -0.3 is 0 Å². The van der Waals surface area contributed by atoms with E-state index in [0.29, 0.717) is 0 Å². The van der Waals surface area contributed by atoms with Gasteiger partial charge in [-0.05, 0) is 12.2 Å². The average molecular weight is 310 g/mol. The van der Waals surface area contributed by atoms with Gasteiger partial charge in [-0.2, -0.15) is 12.6 Å². The Balaban J connectivity index is 0. The summed E-state index contributed by atoms with van der Waals surface area (Å²) >= 11 is 4.20. The second kappa shape index (κ2) is 16.5. The van der Waals surface area contributed by atoms with Crippen LogP contribution in [0.2, 0.25) is 0 Å². The fourth-order valence-corrected chi connectivity index (χ4v) is 1.82. The molecule has 0 atom stereocenters. The summed E-state index contributed by atoms with van der Waals surface area (Å²) in [6, 6.07) is 0. The van der Waals surface area contributed by atoms with Gasteiger partial charge in [-0.3, -0.25) is 0 Å². The van der Waals surface area contributed by atoms with Crippen molar-refractivity contribution in [3.05, 3.63) is 0 Å². The number of rotatable bonds is 10. The second-order valence-corrected chi connectivity index (χ2v) is 4.35. The first-order valence-corrected chi connectivity index (χ1v) is 6.66. The van der Waals surface area contributed by atoms with E-state index in [0.717, 1.165) is 5.75 Å². The van der Waals surface area contributed by atoms with Gasteiger partial charge in [0.25, 0.3) is 0 Å². The molecule has 0 unspecified atom stereocenters. The normalized spacial score (nSPS) is 9.86. The van der Waals surface area contributed by atoms with Crippen LogP contribution < -0.4 is 0 Å². The Morgan fingerprint density at radius 2 is 1.00 bits per heavy atom. The van der Waals surface area contributed by atoms with Crippen LogP contribution in [-0.2, 0) is 22.4 Å². The smallest absolute Gasteiger partial charge is 0 e. The molecular weight excluding hydrogens is 284 g/mol. The van der Waals surface area contributed by atoms with Crippen molar-refractivity contribution in [1.82, 2.24) is 0 Å². The molecule has 14 heavy (non-hydrogen) atoms. The van der Waals surface area contributed by atoms with Crippen molar-refractivity contribution < 1.29 is 22.4 Å². The first-order valence-electron chi connectivity index (χ1n) is 6.02. The van der Waals surface area contributed by atoms with Gasteiger partial charge >= 0.3 is 0 Å². The maximum absolute atomic E-state index is 4.20. The van der Waals surface area contributed by atoms with Crippen molar-refractivity contribution in [3.8, 4) is 0 Å². The zero-order chi connectivity index (χ0) is 9.78. The molecule has 0 aliphatic carbocycles. The Morgan fingerprint density at radius 3 is 1.36 bits per heavy atom. The van der Waals surface area contributed by atoms with Crippen LogP contribution in [0.15, 0.2) is 0 Å². The quantitative estimate of drug-likeness (QED) is 0.333. The summed E-state index contributed by atoms with van der Waals surface area (Å²) in [5, 5.41) is 0. The van der Waals surface area contributed by atoms with Gasteiger partial charge in [-0.25, -0.2) is 0 Å². The molecule has 0 rings (SSSR count). The first-order chi connectivity index (χ1) is 6.41. The van der Waals surface area contributed by atoms with Crippen molar-refractivity contribution in [2.24, 2.45) is 0 Å². The summed E-state index contributed by atoms with van der Waals surface area (Å²) in [4.78, 5) is 0. The topological polar surface area (TPSA) is 0 Å². The van der Waals surface area contributed by atoms with Gasteiger partial charge in [0.15, 0.2) is 0 Å².